The van der Waals surface area contributed by atoms with Gasteiger partial charge in [0.05, 0.1) is 26.4 Å². The number of hydrogen-bond donors (Lipinski definition) is 3. The Labute approximate surface area is 371 Å². The summed E-state index contributed by atoms with van der Waals surface area (Å²) in [7, 11) is 0. The molecule has 3 fully saturated rings. The van der Waals surface area contributed by atoms with Crippen molar-refractivity contribution in [2.45, 2.75) is 95.8 Å². The average Bonchev–Trinajstić information content (AvgIpc) is 4.03. The van der Waals surface area contributed by atoms with Gasteiger partial charge in [-0.3, -0.25) is 0 Å². The van der Waals surface area contributed by atoms with Crippen molar-refractivity contribution in [2.24, 2.45) is 0 Å². The molecule has 6 aromatic rings. The van der Waals surface area contributed by atoms with Crippen LogP contribution in [0.2, 0.25) is 5.02 Å². The molecule has 0 saturated carbocycles. The topological polar surface area (TPSA) is 74.8 Å². The summed E-state index contributed by atoms with van der Waals surface area (Å²) < 4.78 is 25.8. The quantitative estimate of drug-likeness (QED) is 0.127. The minimum Gasteiger partial charge on any atom is -0.317 e. The van der Waals surface area contributed by atoms with Crippen molar-refractivity contribution in [1.29, 1.82) is 0 Å². The lowest BCUT2D eigenvalue weighted by Gasteiger charge is -2.22. The van der Waals surface area contributed by atoms with Crippen LogP contribution in [0.3, 0.4) is 0 Å². The maximum Gasteiger partial charge on any atom is 0.123 e. The summed E-state index contributed by atoms with van der Waals surface area (Å²) in [5.41, 5.74) is 5.89. The summed E-state index contributed by atoms with van der Waals surface area (Å²) in [5.74, 6) is 1.66. The van der Waals surface area contributed by atoms with Crippen molar-refractivity contribution in [3.8, 4) is 0 Å². The van der Waals surface area contributed by atoms with Crippen LogP contribution < -0.4 is 16.0 Å². The third kappa shape index (κ3) is 12.8. The molecule has 0 spiro atoms. The number of thiazole rings is 3. The molecule has 0 amide bonds. The van der Waals surface area contributed by atoms with Crippen LogP contribution in [0.1, 0.15) is 121 Å². The number of halogens is 3. The van der Waals surface area contributed by atoms with E-state index in [9.17, 15) is 8.78 Å². The summed E-state index contributed by atoms with van der Waals surface area (Å²) in [6.45, 7) is 11.0. The third-order valence-electron chi connectivity index (χ3n) is 11.6. The van der Waals surface area contributed by atoms with Gasteiger partial charge in [-0.2, -0.15) is 0 Å². The zero-order chi connectivity index (χ0) is 41.7. The van der Waals surface area contributed by atoms with Gasteiger partial charge in [-0.25, -0.2) is 23.7 Å². The minimum atomic E-state index is -0.182. The molecule has 6 heterocycles. The van der Waals surface area contributed by atoms with Gasteiger partial charge in [-0.1, -0.05) is 61.0 Å². The molecule has 60 heavy (non-hydrogen) atoms. The second-order valence-corrected chi connectivity index (χ2v) is 19.7. The fourth-order valence-electron chi connectivity index (χ4n) is 8.21. The Morgan fingerprint density at radius 3 is 1.67 bits per heavy atom. The van der Waals surface area contributed by atoms with Gasteiger partial charge in [0, 0.05) is 45.1 Å². The molecule has 0 radical (unpaired) electrons. The van der Waals surface area contributed by atoms with E-state index in [2.05, 4.69) is 40.8 Å². The second kappa shape index (κ2) is 22.6. The van der Waals surface area contributed by atoms with Crippen LogP contribution in [0.5, 0.6) is 0 Å². The van der Waals surface area contributed by atoms with Gasteiger partial charge in [-0.05, 0) is 156 Å². The molecule has 3 aromatic heterocycles. The van der Waals surface area contributed by atoms with E-state index in [0.29, 0.717) is 17.8 Å². The lowest BCUT2D eigenvalue weighted by atomic mass is 9.95. The lowest BCUT2D eigenvalue weighted by molar-refractivity contribution is 0.463. The fourth-order valence-corrected chi connectivity index (χ4v) is 12.2. The summed E-state index contributed by atoms with van der Waals surface area (Å²) in [5, 5.41) is 14.5. The Balaban J connectivity index is 0.000000136. The Morgan fingerprint density at radius 1 is 0.600 bits per heavy atom. The lowest BCUT2D eigenvalue weighted by Crippen LogP contribution is -2.26. The molecule has 3 N–H and O–H groups in total. The van der Waals surface area contributed by atoms with E-state index in [-0.39, 0.29) is 11.6 Å². The van der Waals surface area contributed by atoms with Crippen LogP contribution >= 0.6 is 45.6 Å². The Morgan fingerprint density at radius 2 is 1.10 bits per heavy atom. The van der Waals surface area contributed by atoms with Crippen LogP contribution in [-0.4, -0.2) is 54.2 Å². The maximum atomic E-state index is 12.9. The molecule has 0 bridgehead atoms. The summed E-state index contributed by atoms with van der Waals surface area (Å²) >= 11 is 11.8. The maximum absolute atomic E-state index is 12.9. The van der Waals surface area contributed by atoms with Gasteiger partial charge >= 0.3 is 0 Å². The number of nitrogens with zero attached hydrogens (tertiary/aromatic N) is 3. The molecule has 3 aliphatic rings. The smallest absolute Gasteiger partial charge is 0.123 e. The summed E-state index contributed by atoms with van der Waals surface area (Å²) in [4.78, 5) is 18.5. The Hall–Kier alpha value is -3.42. The molecule has 0 aliphatic carbocycles. The molecule has 0 atom stereocenters. The number of rotatable bonds is 10. The van der Waals surface area contributed by atoms with E-state index < -0.39 is 0 Å². The van der Waals surface area contributed by atoms with Crippen LogP contribution in [0.15, 0.2) is 79.0 Å². The van der Waals surface area contributed by atoms with Crippen molar-refractivity contribution < 1.29 is 8.78 Å². The van der Waals surface area contributed by atoms with Crippen molar-refractivity contribution >= 4 is 45.6 Å². The van der Waals surface area contributed by atoms with Crippen LogP contribution in [0.25, 0.3) is 0 Å². The summed E-state index contributed by atoms with van der Waals surface area (Å²) in [6.07, 6.45) is 12.8. The first kappa shape index (κ1) is 44.6. The number of piperidine rings is 3. The second-order valence-electron chi connectivity index (χ2n) is 15.9. The van der Waals surface area contributed by atoms with Crippen molar-refractivity contribution in [1.82, 2.24) is 30.9 Å². The predicted molar refractivity (Wildman–Crippen MR) is 248 cm³/mol. The number of aromatic nitrogens is 3. The van der Waals surface area contributed by atoms with E-state index >= 15 is 0 Å². The average molecular weight is 888 g/mol. The van der Waals surface area contributed by atoms with E-state index in [0.717, 1.165) is 91.1 Å². The first-order chi connectivity index (χ1) is 29.3. The van der Waals surface area contributed by atoms with E-state index in [4.69, 9.17) is 21.6 Å². The zero-order valence-electron chi connectivity index (χ0n) is 34.8. The van der Waals surface area contributed by atoms with Crippen molar-refractivity contribution in [3.05, 3.63) is 153 Å². The molecule has 318 valence electrons. The molecular formula is C48H57ClF2N6S3. The van der Waals surface area contributed by atoms with Gasteiger partial charge < -0.3 is 16.0 Å². The molecule has 12 heteroatoms. The fraction of sp³-hybridized carbons (Fsp3) is 0.438. The van der Waals surface area contributed by atoms with Gasteiger partial charge in [0.2, 0.25) is 0 Å². The Kier molecular flexibility index (Phi) is 16.8. The van der Waals surface area contributed by atoms with E-state index in [1.54, 1.807) is 11.3 Å². The minimum absolute atomic E-state index is 0.181. The SMILES string of the molecule is CCc1nc(Cc2ccccc2Cl)sc1C1CCNCC1.Cc1nc(Cc2ccc(F)cc2)sc1C1CCNCC1.Fc1ccc(Cc2ncc(C3CCNCC3)s2)cc1. The van der Waals surface area contributed by atoms with Crippen LogP contribution in [0.4, 0.5) is 8.78 Å². The predicted octanol–water partition coefficient (Wildman–Crippen LogP) is 11.4. The molecule has 0 unspecified atom stereocenters. The highest BCUT2D eigenvalue weighted by molar-refractivity contribution is 7.12. The molecule has 9 rings (SSSR count). The first-order valence-corrected chi connectivity index (χ1v) is 24.4. The van der Waals surface area contributed by atoms with Gasteiger partial charge in [-0.15, -0.1) is 34.0 Å². The number of hydrogen-bond acceptors (Lipinski definition) is 9. The normalized spacial score (nSPS) is 16.5. The molecule has 6 nitrogen and oxygen atoms in total. The standard InChI is InChI=1S/C17H21ClN2S.C16H19FN2S.C15H17FN2S/c1-2-15-17(12-7-9-19-10-8-12)21-16(20-15)11-13-5-3-4-6-14(13)18;1-11-16(13-6-8-18-9-7-13)20-15(19-11)10-12-2-4-14(17)5-3-12;16-13-3-1-11(2-4-13)9-15-18-10-14(19-15)12-5-7-17-8-6-12/h3-6,12,19H,2,7-11H2,1H3;2-5,13,18H,6-10H2,1H3;1-4,10,12,17H,5-9H2. The monoisotopic (exact) mass is 886 g/mol. The number of nitrogens with one attached hydrogen (secondary N) is 3. The van der Waals surface area contributed by atoms with E-state index in [1.807, 2.05) is 71.3 Å². The van der Waals surface area contributed by atoms with Gasteiger partial charge in [0.25, 0.3) is 0 Å². The zero-order valence-corrected chi connectivity index (χ0v) is 38.0. The van der Waals surface area contributed by atoms with E-state index in [1.165, 1.54) is 99.4 Å². The van der Waals surface area contributed by atoms with Crippen LogP contribution in [0, 0.1) is 18.6 Å². The largest absolute Gasteiger partial charge is 0.317 e. The third-order valence-corrected chi connectivity index (χ3v) is 15.7. The Bertz CT molecular complexity index is 2200. The highest BCUT2D eigenvalue weighted by Gasteiger charge is 2.23. The molecular weight excluding hydrogens is 830 g/mol. The van der Waals surface area contributed by atoms with Gasteiger partial charge in [0.15, 0.2) is 0 Å². The molecule has 3 aliphatic heterocycles. The summed E-state index contributed by atoms with van der Waals surface area (Å²) in [6, 6.07) is 21.5. The van der Waals surface area contributed by atoms with Crippen LogP contribution in [-0.2, 0) is 25.7 Å². The highest BCUT2D eigenvalue weighted by atomic mass is 35.5. The number of aryl methyl sites for hydroxylation is 2. The highest BCUT2D eigenvalue weighted by Crippen LogP contribution is 2.36. The van der Waals surface area contributed by atoms with Crippen molar-refractivity contribution in [2.75, 3.05) is 39.3 Å². The molecule has 3 aromatic carbocycles. The first-order valence-electron chi connectivity index (χ1n) is 21.5. The molecule has 3 saturated heterocycles. The number of benzene rings is 3. The van der Waals surface area contributed by atoms with Gasteiger partial charge in [0.1, 0.15) is 11.6 Å². The van der Waals surface area contributed by atoms with Crippen molar-refractivity contribution in [3.63, 3.8) is 0 Å².